The summed E-state index contributed by atoms with van der Waals surface area (Å²) < 4.78 is 94.4. The molecule has 0 saturated carbocycles. The largest absolute Gasteiger partial charge is 0.417 e. The van der Waals surface area contributed by atoms with E-state index in [-0.39, 0.29) is 44.1 Å². The van der Waals surface area contributed by atoms with Crippen molar-refractivity contribution in [3.8, 4) is 0 Å². The molecule has 0 aromatic heterocycles. The fraction of sp³-hybridized carbons (Fsp3) is 0.320. The zero-order valence-corrected chi connectivity index (χ0v) is 22.3. The van der Waals surface area contributed by atoms with Crippen molar-refractivity contribution in [3.63, 3.8) is 0 Å². The number of alkyl halides is 6. The molecule has 2 aromatic rings. The molecule has 0 heterocycles. The molecule has 0 aliphatic rings. The summed E-state index contributed by atoms with van der Waals surface area (Å²) >= 11 is 17.5. The Morgan fingerprint density at radius 2 is 1.65 bits per heavy atom. The minimum absolute atomic E-state index is 0.109. The van der Waals surface area contributed by atoms with Crippen molar-refractivity contribution in [1.29, 1.82) is 0 Å². The second-order valence-corrected chi connectivity index (χ2v) is 11.0. The number of allylic oxidation sites excluding steroid dienone is 1. The number of ketones is 1. The number of hydrogen-bond donors (Lipinski definition) is 0. The van der Waals surface area contributed by atoms with Crippen LogP contribution in [0.2, 0.25) is 15.1 Å². The van der Waals surface area contributed by atoms with Gasteiger partial charge in [-0.1, -0.05) is 72.1 Å². The van der Waals surface area contributed by atoms with Crippen molar-refractivity contribution in [2.45, 2.75) is 31.6 Å². The molecule has 0 amide bonds. The summed E-state index contributed by atoms with van der Waals surface area (Å²) in [6, 6.07) is 4.61. The van der Waals surface area contributed by atoms with Gasteiger partial charge in [-0.2, -0.15) is 26.3 Å². The highest BCUT2D eigenvalue weighted by Gasteiger charge is 2.40. The summed E-state index contributed by atoms with van der Waals surface area (Å²) in [4.78, 5) is 12.6. The summed E-state index contributed by atoms with van der Waals surface area (Å²) in [6.07, 6.45) is -7.05. The van der Waals surface area contributed by atoms with Gasteiger partial charge in [0.15, 0.2) is 5.78 Å². The SMILES string of the molecule is C=CCS(=O)C[C@@H](C)CC(=O)c1ccc(/C=C/C(c2cc(Cl)c(Cl)c(Cl)c2)C(F)(F)F)cc1C(F)(F)F. The van der Waals surface area contributed by atoms with Crippen molar-refractivity contribution >= 4 is 57.5 Å². The van der Waals surface area contributed by atoms with Gasteiger partial charge in [-0.25, -0.2) is 0 Å². The van der Waals surface area contributed by atoms with E-state index in [9.17, 15) is 35.3 Å². The van der Waals surface area contributed by atoms with E-state index in [1.54, 1.807) is 6.92 Å². The second-order valence-electron chi connectivity index (χ2n) is 8.27. The number of carbonyl (C=O) groups is 1. The predicted octanol–water partition coefficient (Wildman–Crippen LogP) is 9.17. The maximum atomic E-state index is 13.8. The summed E-state index contributed by atoms with van der Waals surface area (Å²) in [6.45, 7) is 5.05. The maximum absolute atomic E-state index is 13.8. The molecular formula is C25H21Cl3F6O2S. The lowest BCUT2D eigenvalue weighted by Gasteiger charge is -2.19. The second kappa shape index (κ2) is 12.8. The molecule has 0 fully saturated rings. The third-order valence-corrected chi connectivity index (χ3v) is 7.90. The van der Waals surface area contributed by atoms with Gasteiger partial charge in [-0.05, 0) is 35.2 Å². The van der Waals surface area contributed by atoms with Gasteiger partial charge in [0.1, 0.15) is 0 Å². The highest BCUT2D eigenvalue weighted by Crippen LogP contribution is 2.41. The van der Waals surface area contributed by atoms with Crippen LogP contribution in [0.1, 0.15) is 46.3 Å². The highest BCUT2D eigenvalue weighted by molar-refractivity contribution is 7.85. The molecule has 2 rings (SSSR count). The van der Waals surface area contributed by atoms with Crippen LogP contribution in [0.15, 0.2) is 49.1 Å². The lowest BCUT2D eigenvalue weighted by atomic mass is 9.93. The van der Waals surface area contributed by atoms with Gasteiger partial charge in [0, 0.05) is 34.3 Å². The normalized spacial score (nSPS) is 15.0. The smallest absolute Gasteiger partial charge is 0.294 e. The molecule has 12 heteroatoms. The minimum atomic E-state index is -4.94. The summed E-state index contributed by atoms with van der Waals surface area (Å²) in [5.74, 6) is -3.21. The molecule has 202 valence electrons. The minimum Gasteiger partial charge on any atom is -0.294 e. The van der Waals surface area contributed by atoms with Crippen molar-refractivity contribution in [3.05, 3.63) is 86.4 Å². The standard InChI is InChI=1S/C25H21Cl3F6O2S/c1-3-8-37(36)13-14(2)9-22(35)17-6-4-15(10-19(17)25(32,33)34)5-7-18(24(29,30)31)16-11-20(26)23(28)21(27)12-16/h3-7,10-12,14,18H,1,8-9,13H2,2H3/b7-5+/t14-,18?,37?/m0/s1. The Morgan fingerprint density at radius 1 is 1.05 bits per heavy atom. The zero-order chi connectivity index (χ0) is 28.1. The first-order valence-corrected chi connectivity index (χ1v) is 13.3. The first kappa shape index (κ1) is 31.4. The Hall–Kier alpha value is -1.81. The molecule has 0 radical (unpaired) electrons. The van der Waals surface area contributed by atoms with Crippen LogP contribution >= 0.6 is 34.8 Å². The molecule has 0 aliphatic carbocycles. The van der Waals surface area contributed by atoms with Crippen molar-refractivity contribution < 1.29 is 35.3 Å². The van der Waals surface area contributed by atoms with E-state index < -0.39 is 51.9 Å². The van der Waals surface area contributed by atoms with Crippen LogP contribution in [-0.2, 0) is 17.0 Å². The third kappa shape index (κ3) is 8.87. The first-order valence-electron chi connectivity index (χ1n) is 10.6. The molecule has 2 aromatic carbocycles. The maximum Gasteiger partial charge on any atom is 0.417 e. The number of halogens is 9. The van der Waals surface area contributed by atoms with E-state index in [0.717, 1.165) is 30.3 Å². The van der Waals surface area contributed by atoms with E-state index >= 15 is 0 Å². The molecule has 0 bridgehead atoms. The van der Waals surface area contributed by atoms with Gasteiger partial charge in [0.25, 0.3) is 0 Å². The van der Waals surface area contributed by atoms with Crippen LogP contribution < -0.4 is 0 Å². The van der Waals surface area contributed by atoms with Gasteiger partial charge >= 0.3 is 12.4 Å². The Labute approximate surface area is 227 Å². The Balaban J connectivity index is 2.40. The molecule has 0 saturated heterocycles. The van der Waals surface area contributed by atoms with E-state index in [2.05, 4.69) is 6.58 Å². The van der Waals surface area contributed by atoms with Gasteiger partial charge in [-0.15, -0.1) is 6.58 Å². The van der Waals surface area contributed by atoms with Crippen molar-refractivity contribution in [1.82, 2.24) is 0 Å². The summed E-state index contributed by atoms with van der Waals surface area (Å²) in [7, 11) is -1.30. The Kier molecular flexibility index (Phi) is 10.9. The van der Waals surface area contributed by atoms with E-state index in [1.165, 1.54) is 6.08 Å². The number of hydrogen-bond acceptors (Lipinski definition) is 2. The highest BCUT2D eigenvalue weighted by atomic mass is 35.5. The first-order chi connectivity index (χ1) is 17.0. The van der Waals surface area contributed by atoms with Crippen molar-refractivity contribution in [2.75, 3.05) is 11.5 Å². The molecule has 2 nitrogen and oxygen atoms in total. The topological polar surface area (TPSA) is 34.1 Å². The quantitative estimate of drug-likeness (QED) is 0.117. The average Bonchev–Trinajstić information content (AvgIpc) is 2.75. The van der Waals surface area contributed by atoms with E-state index in [0.29, 0.717) is 12.1 Å². The van der Waals surface area contributed by atoms with Gasteiger partial charge < -0.3 is 0 Å². The molecule has 3 atom stereocenters. The van der Waals surface area contributed by atoms with Crippen LogP contribution in [0.25, 0.3) is 6.08 Å². The number of rotatable bonds is 10. The fourth-order valence-corrected chi connectivity index (χ4v) is 5.28. The van der Waals surface area contributed by atoms with Gasteiger partial charge in [0.2, 0.25) is 0 Å². The molecule has 0 spiro atoms. The monoisotopic (exact) mass is 604 g/mol. The fourth-order valence-electron chi connectivity index (χ4n) is 3.52. The lowest BCUT2D eigenvalue weighted by Crippen LogP contribution is -2.19. The van der Waals surface area contributed by atoms with Crippen LogP contribution in [0, 0.1) is 5.92 Å². The molecule has 37 heavy (non-hydrogen) atoms. The number of Topliss-reactive ketones (excluding diaryl/α,β-unsaturated/α-hetero) is 1. The van der Waals surface area contributed by atoms with Crippen LogP contribution in [0.3, 0.4) is 0 Å². The molecule has 0 aliphatic heterocycles. The lowest BCUT2D eigenvalue weighted by molar-refractivity contribution is -0.139. The van der Waals surface area contributed by atoms with Gasteiger partial charge in [-0.3, -0.25) is 9.00 Å². The third-order valence-electron chi connectivity index (χ3n) is 5.16. The van der Waals surface area contributed by atoms with Crippen LogP contribution in [0.5, 0.6) is 0 Å². The van der Waals surface area contributed by atoms with Crippen molar-refractivity contribution in [2.24, 2.45) is 5.92 Å². The van der Waals surface area contributed by atoms with Crippen LogP contribution in [-0.4, -0.2) is 27.7 Å². The predicted molar refractivity (Wildman–Crippen MR) is 137 cm³/mol. The number of benzene rings is 2. The van der Waals surface area contributed by atoms with Crippen LogP contribution in [0.4, 0.5) is 26.3 Å². The molecule has 0 N–H and O–H groups in total. The molecule has 2 unspecified atom stereocenters. The van der Waals surface area contributed by atoms with E-state index in [4.69, 9.17) is 34.8 Å². The average molecular weight is 606 g/mol. The summed E-state index contributed by atoms with van der Waals surface area (Å²) in [5, 5.41) is -0.554. The zero-order valence-electron chi connectivity index (χ0n) is 19.2. The Morgan fingerprint density at radius 3 is 2.16 bits per heavy atom. The Bertz CT molecular complexity index is 1180. The number of carbonyl (C=O) groups excluding carboxylic acids is 1. The van der Waals surface area contributed by atoms with Gasteiger partial charge in [0.05, 0.1) is 26.5 Å². The van der Waals surface area contributed by atoms with E-state index in [1.807, 2.05) is 0 Å². The summed E-state index contributed by atoms with van der Waals surface area (Å²) in [5.41, 5.74) is -2.45. The molecular weight excluding hydrogens is 585 g/mol.